The van der Waals surface area contributed by atoms with Crippen molar-refractivity contribution < 1.29 is 4.74 Å². The number of nitrogens with one attached hydrogen (secondary N) is 1. The zero-order valence-corrected chi connectivity index (χ0v) is 10.4. The monoisotopic (exact) mass is 242 g/mol. The van der Waals surface area contributed by atoms with Crippen LogP contribution in [0.5, 0.6) is 5.75 Å². The number of aromatic nitrogens is 1. The fraction of sp³-hybridized carbons (Fsp3) is 0.286. The van der Waals surface area contributed by atoms with Crippen molar-refractivity contribution in [1.29, 1.82) is 5.26 Å². The minimum absolute atomic E-state index is 0.0181. The van der Waals surface area contributed by atoms with Crippen LogP contribution in [0.3, 0.4) is 0 Å². The van der Waals surface area contributed by atoms with Gasteiger partial charge in [0.15, 0.2) is 5.43 Å². The molecular formula is C14H14N2O2. The van der Waals surface area contributed by atoms with E-state index < -0.39 is 0 Å². The van der Waals surface area contributed by atoms with Crippen molar-refractivity contribution in [3.05, 3.63) is 39.7 Å². The first-order valence-corrected chi connectivity index (χ1v) is 5.74. The average Bonchev–Trinajstić information content (AvgIpc) is 2.38. The van der Waals surface area contributed by atoms with Gasteiger partial charge in [-0.05, 0) is 25.5 Å². The Morgan fingerprint density at radius 2 is 2.22 bits per heavy atom. The molecule has 0 unspecified atom stereocenters. The second kappa shape index (κ2) is 4.92. The summed E-state index contributed by atoms with van der Waals surface area (Å²) in [6.07, 6.45) is 0.824. The van der Waals surface area contributed by atoms with Crippen LogP contribution in [0, 0.1) is 18.3 Å². The Bertz CT molecular complexity index is 680. The molecule has 0 fully saturated rings. The standard InChI is InChI=1S/C14H14N2O2/c1-9-10(6-4-8-15)14(17)11-5-3-7-12(18-2)13(11)16-9/h3,5,7H,4,6H2,1-2H3,(H,16,17). The molecule has 0 aliphatic heterocycles. The minimum Gasteiger partial charge on any atom is -0.495 e. The molecular weight excluding hydrogens is 228 g/mol. The molecule has 92 valence electrons. The molecule has 2 aromatic rings. The van der Waals surface area contributed by atoms with Crippen molar-refractivity contribution in [1.82, 2.24) is 4.98 Å². The highest BCUT2D eigenvalue weighted by atomic mass is 16.5. The summed E-state index contributed by atoms with van der Waals surface area (Å²) >= 11 is 0. The molecule has 1 aromatic heterocycles. The third kappa shape index (κ3) is 1.95. The SMILES string of the molecule is COc1cccc2c(=O)c(CCC#N)c(C)[nH]c12. The Hall–Kier alpha value is -2.28. The van der Waals surface area contributed by atoms with Crippen molar-refractivity contribution in [3.8, 4) is 11.8 Å². The summed E-state index contributed by atoms with van der Waals surface area (Å²) in [5.74, 6) is 0.652. The van der Waals surface area contributed by atoms with Crippen LogP contribution in [-0.4, -0.2) is 12.1 Å². The molecule has 4 nitrogen and oxygen atoms in total. The van der Waals surface area contributed by atoms with E-state index in [-0.39, 0.29) is 5.43 Å². The Kier molecular flexibility index (Phi) is 3.33. The summed E-state index contributed by atoms with van der Waals surface area (Å²) in [7, 11) is 1.58. The number of aryl methyl sites for hydroxylation is 1. The van der Waals surface area contributed by atoms with Gasteiger partial charge in [0.25, 0.3) is 0 Å². The van der Waals surface area contributed by atoms with Crippen molar-refractivity contribution in [2.24, 2.45) is 0 Å². The summed E-state index contributed by atoms with van der Waals surface area (Å²) in [5.41, 5.74) is 2.17. The van der Waals surface area contributed by atoms with E-state index in [4.69, 9.17) is 10.00 Å². The van der Waals surface area contributed by atoms with Crippen LogP contribution in [0.2, 0.25) is 0 Å². The quantitative estimate of drug-likeness (QED) is 0.898. The third-order valence-corrected chi connectivity index (χ3v) is 3.02. The third-order valence-electron chi connectivity index (χ3n) is 3.02. The minimum atomic E-state index is -0.0181. The van der Waals surface area contributed by atoms with Crippen molar-refractivity contribution in [3.63, 3.8) is 0 Å². The van der Waals surface area contributed by atoms with E-state index in [9.17, 15) is 4.79 Å². The second-order valence-corrected chi connectivity index (χ2v) is 4.10. The number of nitrogens with zero attached hydrogens (tertiary/aromatic N) is 1. The lowest BCUT2D eigenvalue weighted by Gasteiger charge is -2.09. The van der Waals surface area contributed by atoms with Gasteiger partial charge in [0.1, 0.15) is 5.75 Å². The molecule has 0 saturated carbocycles. The van der Waals surface area contributed by atoms with E-state index in [1.165, 1.54) is 0 Å². The van der Waals surface area contributed by atoms with Crippen molar-refractivity contribution in [2.75, 3.05) is 7.11 Å². The number of ether oxygens (including phenoxy) is 1. The van der Waals surface area contributed by atoms with Gasteiger partial charge in [0, 0.05) is 23.1 Å². The van der Waals surface area contributed by atoms with Crippen molar-refractivity contribution >= 4 is 10.9 Å². The summed E-state index contributed by atoms with van der Waals surface area (Å²) in [6.45, 7) is 1.85. The van der Waals surface area contributed by atoms with Crippen LogP contribution < -0.4 is 10.2 Å². The van der Waals surface area contributed by atoms with E-state index in [0.717, 1.165) is 5.69 Å². The van der Waals surface area contributed by atoms with Crippen LogP contribution in [0.4, 0.5) is 0 Å². The number of aromatic amines is 1. The highest BCUT2D eigenvalue weighted by Gasteiger charge is 2.11. The lowest BCUT2D eigenvalue weighted by atomic mass is 10.0. The number of methoxy groups -OCH3 is 1. The van der Waals surface area contributed by atoms with Crippen LogP contribution in [0.25, 0.3) is 10.9 Å². The highest BCUT2D eigenvalue weighted by molar-refractivity contribution is 5.85. The van der Waals surface area contributed by atoms with Gasteiger partial charge in [0.05, 0.1) is 18.7 Å². The Labute approximate surface area is 105 Å². The number of hydrogen-bond acceptors (Lipinski definition) is 3. The fourth-order valence-electron chi connectivity index (χ4n) is 2.10. The van der Waals surface area contributed by atoms with Gasteiger partial charge in [-0.1, -0.05) is 6.07 Å². The number of nitriles is 1. The zero-order valence-electron chi connectivity index (χ0n) is 10.4. The summed E-state index contributed by atoms with van der Waals surface area (Å²) in [4.78, 5) is 15.5. The topological polar surface area (TPSA) is 65.9 Å². The summed E-state index contributed by atoms with van der Waals surface area (Å²) < 4.78 is 5.24. The number of fused-ring (bicyclic) bond motifs is 1. The normalized spacial score (nSPS) is 10.3. The largest absolute Gasteiger partial charge is 0.495 e. The van der Waals surface area contributed by atoms with Gasteiger partial charge in [0.2, 0.25) is 0 Å². The molecule has 0 amide bonds. The van der Waals surface area contributed by atoms with Gasteiger partial charge >= 0.3 is 0 Å². The van der Waals surface area contributed by atoms with Gasteiger partial charge in [-0.2, -0.15) is 5.26 Å². The molecule has 0 spiro atoms. The molecule has 4 heteroatoms. The fourth-order valence-corrected chi connectivity index (χ4v) is 2.10. The molecule has 0 saturated heterocycles. The van der Waals surface area contributed by atoms with E-state index in [1.54, 1.807) is 19.2 Å². The molecule has 0 aliphatic rings. The first-order valence-electron chi connectivity index (χ1n) is 5.74. The lowest BCUT2D eigenvalue weighted by Crippen LogP contribution is -2.13. The first kappa shape index (κ1) is 12.2. The lowest BCUT2D eigenvalue weighted by molar-refractivity contribution is 0.419. The Balaban J connectivity index is 2.72. The van der Waals surface area contributed by atoms with E-state index in [0.29, 0.717) is 35.1 Å². The number of pyridine rings is 1. The molecule has 0 aliphatic carbocycles. The predicted octanol–water partition coefficient (Wildman–Crippen LogP) is 2.30. The van der Waals surface area contributed by atoms with Gasteiger partial charge in [-0.3, -0.25) is 4.79 Å². The van der Waals surface area contributed by atoms with Gasteiger partial charge in [-0.25, -0.2) is 0 Å². The molecule has 2 rings (SSSR count). The predicted molar refractivity (Wildman–Crippen MR) is 69.8 cm³/mol. The summed E-state index contributed by atoms with van der Waals surface area (Å²) in [5, 5.41) is 9.23. The van der Waals surface area contributed by atoms with E-state index in [1.807, 2.05) is 13.0 Å². The Morgan fingerprint density at radius 1 is 1.44 bits per heavy atom. The summed E-state index contributed by atoms with van der Waals surface area (Å²) in [6, 6.07) is 7.44. The molecule has 18 heavy (non-hydrogen) atoms. The molecule has 0 radical (unpaired) electrons. The first-order chi connectivity index (χ1) is 8.69. The second-order valence-electron chi connectivity index (χ2n) is 4.10. The zero-order chi connectivity index (χ0) is 13.1. The molecule has 0 atom stereocenters. The molecule has 1 aromatic carbocycles. The van der Waals surface area contributed by atoms with Gasteiger partial charge < -0.3 is 9.72 Å². The average molecular weight is 242 g/mol. The highest BCUT2D eigenvalue weighted by Crippen LogP contribution is 2.22. The Morgan fingerprint density at radius 3 is 2.89 bits per heavy atom. The number of rotatable bonds is 3. The molecule has 0 bridgehead atoms. The van der Waals surface area contributed by atoms with Crippen LogP contribution in [0.1, 0.15) is 17.7 Å². The van der Waals surface area contributed by atoms with E-state index in [2.05, 4.69) is 11.1 Å². The number of H-pyrrole nitrogens is 1. The maximum absolute atomic E-state index is 12.3. The molecule has 1 heterocycles. The van der Waals surface area contributed by atoms with Gasteiger partial charge in [-0.15, -0.1) is 0 Å². The number of hydrogen-bond donors (Lipinski definition) is 1. The van der Waals surface area contributed by atoms with Crippen LogP contribution >= 0.6 is 0 Å². The molecule has 1 N–H and O–H groups in total. The maximum Gasteiger partial charge on any atom is 0.193 e. The smallest absolute Gasteiger partial charge is 0.193 e. The van der Waals surface area contributed by atoms with Crippen LogP contribution in [-0.2, 0) is 6.42 Å². The van der Waals surface area contributed by atoms with Crippen molar-refractivity contribution in [2.45, 2.75) is 19.8 Å². The van der Waals surface area contributed by atoms with E-state index >= 15 is 0 Å². The van der Waals surface area contributed by atoms with Crippen LogP contribution in [0.15, 0.2) is 23.0 Å². The number of benzene rings is 1. The number of para-hydroxylation sites is 1. The maximum atomic E-state index is 12.3.